The summed E-state index contributed by atoms with van der Waals surface area (Å²) in [5.41, 5.74) is 1.62. The number of hydrogen-bond acceptors (Lipinski definition) is 7. The van der Waals surface area contributed by atoms with Gasteiger partial charge in [0.15, 0.2) is 23.4 Å². The second kappa shape index (κ2) is 9.29. The third-order valence-corrected chi connectivity index (χ3v) is 4.45. The van der Waals surface area contributed by atoms with E-state index in [1.165, 1.54) is 0 Å². The van der Waals surface area contributed by atoms with Gasteiger partial charge in [-0.3, -0.25) is 0 Å². The van der Waals surface area contributed by atoms with Gasteiger partial charge in [-0.1, -0.05) is 6.07 Å². The smallest absolute Gasteiger partial charge is 0.332 e. The number of aliphatic hydroxyl groups is 1. The summed E-state index contributed by atoms with van der Waals surface area (Å²) in [5, 5.41) is 18.1. The van der Waals surface area contributed by atoms with Gasteiger partial charge < -0.3 is 28.5 Å². The second-order valence-corrected chi connectivity index (χ2v) is 6.52. The normalized spacial score (nSPS) is 12.0. The first kappa shape index (κ1) is 20.5. The van der Waals surface area contributed by atoms with Crippen molar-refractivity contribution >= 4 is 5.97 Å². The van der Waals surface area contributed by atoms with Gasteiger partial charge in [-0.25, -0.2) is 9.78 Å². The van der Waals surface area contributed by atoms with E-state index < -0.39 is 12.1 Å². The number of carboxylic acids is 1. The van der Waals surface area contributed by atoms with E-state index in [0.29, 0.717) is 47.4 Å². The van der Waals surface area contributed by atoms with E-state index in [0.717, 1.165) is 5.56 Å². The average molecular weight is 401 g/mol. The molecule has 2 N–H and O–H groups in total. The minimum atomic E-state index is -1.34. The summed E-state index contributed by atoms with van der Waals surface area (Å²) in [5.74, 6) is 1.51. The Hall–Kier alpha value is -3.26. The molecule has 1 atom stereocenters. The molecule has 0 saturated carbocycles. The molecule has 0 unspecified atom stereocenters. The molecule has 0 aliphatic heterocycles. The number of oxazole rings is 1. The van der Waals surface area contributed by atoms with Crippen LogP contribution in [0, 0.1) is 6.92 Å². The summed E-state index contributed by atoms with van der Waals surface area (Å²) in [6, 6.07) is 9.05. The first-order chi connectivity index (χ1) is 14.0. The van der Waals surface area contributed by atoms with Gasteiger partial charge in [-0.2, -0.15) is 0 Å². The van der Waals surface area contributed by atoms with Gasteiger partial charge in [0.2, 0.25) is 0 Å². The lowest BCUT2D eigenvalue weighted by Crippen LogP contribution is -2.19. The third kappa shape index (κ3) is 5.17. The van der Waals surface area contributed by atoms with E-state index >= 15 is 0 Å². The first-order valence-electron chi connectivity index (χ1n) is 9.18. The highest BCUT2D eigenvalue weighted by Crippen LogP contribution is 2.30. The average Bonchev–Trinajstić information content (AvgIpc) is 3.36. The Morgan fingerprint density at radius 2 is 2.10 bits per heavy atom. The van der Waals surface area contributed by atoms with Gasteiger partial charge in [-0.15, -0.1) is 0 Å². The summed E-state index contributed by atoms with van der Waals surface area (Å²) in [6.07, 6.45) is 1.58. The van der Waals surface area contributed by atoms with Crippen LogP contribution >= 0.6 is 0 Å². The van der Waals surface area contributed by atoms with Crippen molar-refractivity contribution in [2.24, 2.45) is 0 Å². The Bertz CT molecular complexity index is 946. The van der Waals surface area contributed by atoms with Gasteiger partial charge in [-0.05, 0) is 56.0 Å². The highest BCUT2D eigenvalue weighted by molar-refractivity contribution is 5.71. The summed E-state index contributed by atoms with van der Waals surface area (Å²) < 4.78 is 22.2. The molecule has 8 nitrogen and oxygen atoms in total. The molecule has 0 aliphatic carbocycles. The van der Waals surface area contributed by atoms with Gasteiger partial charge in [0.25, 0.3) is 5.89 Å². The van der Waals surface area contributed by atoms with Crippen LogP contribution in [0.2, 0.25) is 0 Å². The van der Waals surface area contributed by atoms with Crippen molar-refractivity contribution in [3.05, 3.63) is 53.6 Å². The van der Waals surface area contributed by atoms with E-state index in [-0.39, 0.29) is 13.0 Å². The molecule has 8 heteroatoms. The number of hydrogen-bond donors (Lipinski definition) is 2. The zero-order valence-corrected chi connectivity index (χ0v) is 16.3. The molecule has 0 bridgehead atoms. The number of carboxylic acid groups (broad SMARTS) is 1. The van der Waals surface area contributed by atoms with Crippen molar-refractivity contribution in [3.63, 3.8) is 0 Å². The molecule has 0 amide bonds. The van der Waals surface area contributed by atoms with E-state index in [1.54, 1.807) is 31.6 Å². The fraction of sp³-hybridized carbons (Fsp3) is 0.333. The molecule has 1 aromatic carbocycles. The van der Waals surface area contributed by atoms with E-state index in [4.69, 9.17) is 23.4 Å². The summed E-state index contributed by atoms with van der Waals surface area (Å²) in [6.45, 7) is 2.01. The van der Waals surface area contributed by atoms with E-state index in [9.17, 15) is 9.90 Å². The van der Waals surface area contributed by atoms with Gasteiger partial charge in [0.05, 0.1) is 13.4 Å². The van der Waals surface area contributed by atoms with Crippen LogP contribution in [0.25, 0.3) is 11.7 Å². The van der Waals surface area contributed by atoms with Crippen LogP contribution in [0.3, 0.4) is 0 Å². The topological polar surface area (TPSA) is 115 Å². The lowest BCUT2D eigenvalue weighted by molar-refractivity contribution is -0.146. The highest BCUT2D eigenvalue weighted by atomic mass is 16.5. The number of ether oxygens (including phenoxy) is 2. The molecule has 0 aliphatic rings. The van der Waals surface area contributed by atoms with Crippen LogP contribution in [0.15, 0.2) is 45.4 Å². The molecule has 0 saturated heterocycles. The lowest BCUT2D eigenvalue weighted by Gasteiger charge is -2.12. The van der Waals surface area contributed by atoms with Crippen LogP contribution in [-0.2, 0) is 17.8 Å². The molecule has 29 heavy (non-hydrogen) atoms. The Kier molecular flexibility index (Phi) is 6.56. The Morgan fingerprint density at radius 1 is 1.28 bits per heavy atom. The molecule has 154 valence electrons. The number of aryl methyl sites for hydroxylation is 2. The van der Waals surface area contributed by atoms with Crippen molar-refractivity contribution in [1.82, 2.24) is 4.98 Å². The number of furan rings is 1. The monoisotopic (exact) mass is 401 g/mol. The van der Waals surface area contributed by atoms with Gasteiger partial charge in [0.1, 0.15) is 18.1 Å². The molecule has 3 aromatic rings. The molecular formula is C21H23NO7. The van der Waals surface area contributed by atoms with Crippen LogP contribution in [0.1, 0.15) is 29.9 Å². The first-order valence-corrected chi connectivity index (χ1v) is 9.18. The molecule has 2 heterocycles. The van der Waals surface area contributed by atoms with Crippen LogP contribution in [0.4, 0.5) is 0 Å². The predicted molar refractivity (Wildman–Crippen MR) is 103 cm³/mol. The van der Waals surface area contributed by atoms with E-state index in [2.05, 4.69) is 4.98 Å². The fourth-order valence-electron chi connectivity index (χ4n) is 2.82. The standard InChI is InChI=1S/C21H23NO7/c1-13-15(22-20(29-13)18-7-4-10-27-18)12-28-17-9-8-14(11-19(17)26-2)5-3-6-16(23)21(24)25/h4,7-11,16,23H,3,5-6,12H2,1-2H3,(H,24,25)/t16-/m1/s1. The maximum Gasteiger partial charge on any atom is 0.332 e. The van der Waals surface area contributed by atoms with Crippen LogP contribution < -0.4 is 9.47 Å². The molecule has 3 rings (SSSR count). The number of aliphatic hydroxyl groups excluding tert-OH is 1. The van der Waals surface area contributed by atoms with Crippen molar-refractivity contribution in [2.45, 2.75) is 38.9 Å². The maximum absolute atomic E-state index is 10.7. The number of carbonyl (C=O) groups is 1. The van der Waals surface area contributed by atoms with Crippen LogP contribution in [-0.4, -0.2) is 34.4 Å². The summed E-state index contributed by atoms with van der Waals surface area (Å²) >= 11 is 0. The minimum absolute atomic E-state index is 0.194. The predicted octanol–water partition coefficient (Wildman–Crippen LogP) is 3.60. The zero-order valence-electron chi connectivity index (χ0n) is 16.3. The quantitative estimate of drug-likeness (QED) is 0.529. The summed E-state index contributed by atoms with van der Waals surface area (Å²) in [7, 11) is 1.55. The fourth-order valence-corrected chi connectivity index (χ4v) is 2.82. The number of nitrogens with zero attached hydrogens (tertiary/aromatic N) is 1. The zero-order chi connectivity index (χ0) is 20.8. The highest BCUT2D eigenvalue weighted by Gasteiger charge is 2.16. The Balaban J connectivity index is 1.62. The number of aliphatic carboxylic acids is 1. The Morgan fingerprint density at radius 3 is 2.79 bits per heavy atom. The van der Waals surface area contributed by atoms with Crippen molar-refractivity contribution in [2.75, 3.05) is 7.11 Å². The molecule has 0 spiro atoms. The minimum Gasteiger partial charge on any atom is -0.493 e. The molecule has 2 aromatic heterocycles. The number of benzene rings is 1. The van der Waals surface area contributed by atoms with Gasteiger partial charge >= 0.3 is 5.97 Å². The van der Waals surface area contributed by atoms with Crippen molar-refractivity contribution in [3.8, 4) is 23.1 Å². The Labute approximate surface area is 167 Å². The van der Waals surface area contributed by atoms with Crippen molar-refractivity contribution in [1.29, 1.82) is 0 Å². The van der Waals surface area contributed by atoms with Crippen LogP contribution in [0.5, 0.6) is 11.5 Å². The number of methoxy groups -OCH3 is 1. The number of rotatable bonds is 10. The SMILES string of the molecule is COc1cc(CCC[C@@H](O)C(=O)O)ccc1OCc1nc(-c2ccco2)oc1C. The van der Waals surface area contributed by atoms with Crippen molar-refractivity contribution < 1.29 is 33.3 Å². The maximum atomic E-state index is 10.7. The summed E-state index contributed by atoms with van der Waals surface area (Å²) in [4.78, 5) is 15.1. The third-order valence-electron chi connectivity index (χ3n) is 4.45. The molecular weight excluding hydrogens is 378 g/mol. The van der Waals surface area contributed by atoms with E-state index in [1.807, 2.05) is 19.1 Å². The molecule has 0 radical (unpaired) electrons. The van der Waals surface area contributed by atoms with Gasteiger partial charge in [0, 0.05) is 0 Å². The lowest BCUT2D eigenvalue weighted by atomic mass is 10.1. The number of aromatic nitrogens is 1. The molecule has 0 fully saturated rings. The largest absolute Gasteiger partial charge is 0.493 e. The second-order valence-electron chi connectivity index (χ2n) is 6.52.